The molecule has 1 aliphatic rings. The molecular formula is C29H39NO6. The van der Waals surface area contributed by atoms with Crippen molar-refractivity contribution >= 4 is 12.1 Å². The lowest BCUT2D eigenvalue weighted by Gasteiger charge is -2.32. The van der Waals surface area contributed by atoms with Gasteiger partial charge in [0.25, 0.3) is 0 Å². The standard InChI is InChI=1S/C29H39NO6/c1-21-26(34-20-23-15-10-7-11-16-23)25(33-19-22-13-8-6-9-14-22)18-12-17-24(27(31)35-21)30(5)28(32)36-29(2,3)4/h6-11,13-16,21,24-26H,12,17-20H2,1-5H3/t21?,24-,25?,26-/m0/s1. The number of esters is 1. The van der Waals surface area contributed by atoms with Crippen LogP contribution < -0.4 is 0 Å². The number of ether oxygens (including phenoxy) is 4. The predicted molar refractivity (Wildman–Crippen MR) is 137 cm³/mol. The van der Waals surface area contributed by atoms with Crippen LogP contribution in [-0.2, 0) is 37.0 Å². The van der Waals surface area contributed by atoms with Crippen LogP contribution >= 0.6 is 0 Å². The van der Waals surface area contributed by atoms with E-state index in [-0.39, 0.29) is 6.10 Å². The second-order valence-corrected chi connectivity index (χ2v) is 10.3. The first-order chi connectivity index (χ1) is 17.1. The molecule has 0 radical (unpaired) electrons. The van der Waals surface area contributed by atoms with Gasteiger partial charge in [-0.3, -0.25) is 4.90 Å². The Morgan fingerprint density at radius 1 is 0.944 bits per heavy atom. The molecule has 1 aliphatic heterocycles. The molecule has 1 saturated heterocycles. The quantitative estimate of drug-likeness (QED) is 0.470. The smallest absolute Gasteiger partial charge is 0.410 e. The Kier molecular flexibility index (Phi) is 9.90. The Morgan fingerprint density at radius 2 is 1.50 bits per heavy atom. The Bertz CT molecular complexity index is 959. The fraction of sp³-hybridized carbons (Fsp3) is 0.517. The fourth-order valence-corrected chi connectivity index (χ4v) is 4.20. The molecular weight excluding hydrogens is 458 g/mol. The Labute approximate surface area is 214 Å². The molecule has 0 aromatic heterocycles. The fourth-order valence-electron chi connectivity index (χ4n) is 4.20. The summed E-state index contributed by atoms with van der Waals surface area (Å²) in [4.78, 5) is 27.2. The highest BCUT2D eigenvalue weighted by molar-refractivity contribution is 5.81. The van der Waals surface area contributed by atoms with E-state index in [2.05, 4.69) is 0 Å². The third kappa shape index (κ3) is 8.35. The third-order valence-corrected chi connectivity index (χ3v) is 6.11. The summed E-state index contributed by atoms with van der Waals surface area (Å²) in [5.41, 5.74) is 1.43. The highest BCUT2D eigenvalue weighted by atomic mass is 16.6. The van der Waals surface area contributed by atoms with Crippen molar-refractivity contribution < 1.29 is 28.5 Å². The first-order valence-electron chi connectivity index (χ1n) is 12.6. The molecule has 196 valence electrons. The molecule has 1 fully saturated rings. The van der Waals surface area contributed by atoms with Crippen molar-refractivity contribution in [2.45, 2.75) is 90.1 Å². The van der Waals surface area contributed by atoms with Crippen LogP contribution in [0.15, 0.2) is 60.7 Å². The molecule has 0 saturated carbocycles. The zero-order valence-electron chi connectivity index (χ0n) is 22.0. The molecule has 0 spiro atoms. The molecule has 4 atom stereocenters. The van der Waals surface area contributed by atoms with Gasteiger partial charge in [-0.2, -0.15) is 0 Å². The molecule has 0 N–H and O–H groups in total. The summed E-state index contributed by atoms with van der Waals surface area (Å²) in [5.74, 6) is -0.465. The van der Waals surface area contributed by atoms with E-state index in [1.165, 1.54) is 4.90 Å². The second kappa shape index (κ2) is 12.9. The second-order valence-electron chi connectivity index (χ2n) is 10.3. The number of carbonyl (C=O) groups excluding carboxylic acids is 2. The van der Waals surface area contributed by atoms with Gasteiger partial charge < -0.3 is 18.9 Å². The van der Waals surface area contributed by atoms with Crippen LogP contribution in [0.5, 0.6) is 0 Å². The summed E-state index contributed by atoms with van der Waals surface area (Å²) in [6.45, 7) is 8.02. The van der Waals surface area contributed by atoms with Gasteiger partial charge in [0.15, 0.2) is 0 Å². The van der Waals surface area contributed by atoms with Gasteiger partial charge in [0.1, 0.15) is 23.9 Å². The molecule has 3 rings (SSSR count). The van der Waals surface area contributed by atoms with Crippen LogP contribution in [0.4, 0.5) is 4.79 Å². The molecule has 2 unspecified atom stereocenters. The number of benzene rings is 2. The summed E-state index contributed by atoms with van der Waals surface area (Å²) in [6.07, 6.45) is -0.126. The van der Waals surface area contributed by atoms with Crippen LogP contribution in [0, 0.1) is 0 Å². The zero-order chi connectivity index (χ0) is 26.1. The maximum atomic E-state index is 13.2. The van der Waals surface area contributed by atoms with Gasteiger partial charge in [-0.1, -0.05) is 60.7 Å². The molecule has 0 bridgehead atoms. The first kappa shape index (κ1) is 27.7. The third-order valence-electron chi connectivity index (χ3n) is 6.11. The number of amides is 1. The highest BCUT2D eigenvalue weighted by Gasteiger charge is 2.38. The van der Waals surface area contributed by atoms with Crippen molar-refractivity contribution in [2.24, 2.45) is 0 Å². The average Bonchev–Trinajstić information content (AvgIpc) is 2.89. The SMILES string of the molecule is CC1OC(=O)[C@@H](N(C)C(=O)OC(C)(C)C)CCCC(OCc2ccccc2)[C@H]1OCc1ccccc1. The number of likely N-dealkylation sites (N-methyl/N-ethyl adjacent to an activating group) is 1. The predicted octanol–water partition coefficient (Wildman–Crippen LogP) is 5.51. The van der Waals surface area contributed by atoms with E-state index < -0.39 is 35.9 Å². The maximum Gasteiger partial charge on any atom is 0.410 e. The van der Waals surface area contributed by atoms with Crippen LogP contribution in [0.2, 0.25) is 0 Å². The van der Waals surface area contributed by atoms with Crippen LogP contribution in [0.1, 0.15) is 58.1 Å². The van der Waals surface area contributed by atoms with E-state index in [0.717, 1.165) is 11.1 Å². The number of rotatable bonds is 7. The summed E-state index contributed by atoms with van der Waals surface area (Å²) in [7, 11) is 1.58. The summed E-state index contributed by atoms with van der Waals surface area (Å²) in [5, 5.41) is 0. The lowest BCUT2D eigenvalue weighted by atomic mass is 10.0. The monoisotopic (exact) mass is 497 g/mol. The van der Waals surface area contributed by atoms with Gasteiger partial charge in [-0.15, -0.1) is 0 Å². The van der Waals surface area contributed by atoms with Gasteiger partial charge in [-0.05, 0) is 58.1 Å². The van der Waals surface area contributed by atoms with E-state index in [0.29, 0.717) is 32.5 Å². The van der Waals surface area contributed by atoms with E-state index in [1.54, 1.807) is 27.8 Å². The van der Waals surface area contributed by atoms with Crippen LogP contribution in [0.25, 0.3) is 0 Å². The first-order valence-corrected chi connectivity index (χ1v) is 12.6. The summed E-state index contributed by atoms with van der Waals surface area (Å²) < 4.78 is 24.0. The molecule has 2 aromatic rings. The van der Waals surface area contributed by atoms with Gasteiger partial charge in [0.05, 0.1) is 19.3 Å². The largest absolute Gasteiger partial charge is 0.458 e. The van der Waals surface area contributed by atoms with Gasteiger partial charge in [0.2, 0.25) is 0 Å². The Balaban J connectivity index is 1.76. The van der Waals surface area contributed by atoms with Gasteiger partial charge in [-0.25, -0.2) is 9.59 Å². The highest BCUT2D eigenvalue weighted by Crippen LogP contribution is 2.25. The van der Waals surface area contributed by atoms with E-state index in [1.807, 2.05) is 67.6 Å². The maximum absolute atomic E-state index is 13.2. The molecule has 0 aliphatic carbocycles. The van der Waals surface area contributed by atoms with Gasteiger partial charge >= 0.3 is 12.1 Å². The van der Waals surface area contributed by atoms with Crippen LogP contribution in [0.3, 0.4) is 0 Å². The van der Waals surface area contributed by atoms with Crippen molar-refractivity contribution in [2.75, 3.05) is 7.05 Å². The van der Waals surface area contributed by atoms with Crippen LogP contribution in [-0.4, -0.2) is 54.0 Å². The number of hydrogen-bond acceptors (Lipinski definition) is 6. The Morgan fingerprint density at radius 3 is 2.06 bits per heavy atom. The summed E-state index contributed by atoms with van der Waals surface area (Å²) >= 11 is 0. The summed E-state index contributed by atoms with van der Waals surface area (Å²) in [6, 6.07) is 19.1. The number of carbonyl (C=O) groups is 2. The molecule has 7 nitrogen and oxygen atoms in total. The number of hydrogen-bond donors (Lipinski definition) is 0. The topological polar surface area (TPSA) is 74.3 Å². The van der Waals surface area contributed by atoms with Crippen molar-refractivity contribution in [3.63, 3.8) is 0 Å². The lowest BCUT2D eigenvalue weighted by Crippen LogP contribution is -2.47. The molecule has 1 heterocycles. The average molecular weight is 498 g/mol. The van der Waals surface area contributed by atoms with Crippen molar-refractivity contribution in [3.05, 3.63) is 71.8 Å². The van der Waals surface area contributed by atoms with E-state index in [9.17, 15) is 9.59 Å². The van der Waals surface area contributed by atoms with Crippen molar-refractivity contribution in [1.29, 1.82) is 0 Å². The van der Waals surface area contributed by atoms with Crippen molar-refractivity contribution in [1.82, 2.24) is 4.90 Å². The number of nitrogens with zero attached hydrogens (tertiary/aromatic N) is 1. The minimum atomic E-state index is -0.745. The van der Waals surface area contributed by atoms with E-state index in [4.69, 9.17) is 18.9 Å². The van der Waals surface area contributed by atoms with Crippen molar-refractivity contribution in [3.8, 4) is 0 Å². The molecule has 36 heavy (non-hydrogen) atoms. The molecule has 2 aromatic carbocycles. The molecule has 7 heteroatoms. The zero-order valence-corrected chi connectivity index (χ0v) is 22.0. The minimum absolute atomic E-state index is 0.290. The number of cyclic esters (lactones) is 1. The normalized spacial score (nSPS) is 23.1. The minimum Gasteiger partial charge on any atom is -0.458 e. The lowest BCUT2D eigenvalue weighted by molar-refractivity contribution is -0.172. The molecule has 1 amide bonds. The Hall–Kier alpha value is -2.90. The van der Waals surface area contributed by atoms with E-state index >= 15 is 0 Å². The van der Waals surface area contributed by atoms with Gasteiger partial charge in [0, 0.05) is 7.05 Å².